The van der Waals surface area contributed by atoms with Crippen molar-refractivity contribution >= 4 is 23.8 Å². The quantitative estimate of drug-likeness (QED) is 0.594. The fourth-order valence-corrected chi connectivity index (χ4v) is 0.725. The van der Waals surface area contributed by atoms with Crippen molar-refractivity contribution in [3.05, 3.63) is 21.9 Å². The molecule has 9 heavy (non-hydrogen) atoms. The van der Waals surface area contributed by atoms with Crippen LogP contribution in [-0.4, -0.2) is 9.97 Å². The first-order valence-electron chi connectivity index (χ1n) is 2.10. The first-order chi connectivity index (χ1) is 4.20. The van der Waals surface area contributed by atoms with Crippen molar-refractivity contribution in [2.45, 2.75) is 0 Å². The van der Waals surface area contributed by atoms with Gasteiger partial charge in [-0.2, -0.15) is 4.39 Å². The Kier molecular flexibility index (Phi) is 1.78. The van der Waals surface area contributed by atoms with Gasteiger partial charge in [0, 0.05) is 0 Å². The molecule has 0 spiro atoms. The molecule has 2 nitrogen and oxygen atoms in total. The third-order valence-corrected chi connectivity index (χ3v) is 1.17. The summed E-state index contributed by atoms with van der Waals surface area (Å²) in [5.74, 6) is -0.731. The highest BCUT2D eigenvalue weighted by atomic mass is 35.5. The van der Waals surface area contributed by atoms with Crippen LogP contribution in [0.25, 0.3) is 0 Å². The fourth-order valence-electron chi connectivity index (χ4n) is 0.364. The second kappa shape index (κ2) is 2.41. The van der Waals surface area contributed by atoms with Crippen molar-refractivity contribution in [1.82, 2.24) is 9.97 Å². The molecule has 0 saturated carbocycles. The van der Waals surface area contributed by atoms with E-state index < -0.39 is 5.95 Å². The second-order valence-electron chi connectivity index (χ2n) is 1.35. The molecule has 0 aliphatic carbocycles. The van der Waals surface area contributed by atoms with Gasteiger partial charge in [-0.15, -0.1) is 0 Å². The molecule has 0 radical (unpaired) electrons. The Hall–Kier alpha value is -0.480. The van der Waals surface area contributed by atoms with Gasteiger partial charge in [-0.05, 0) is 0 Å². The van der Waals surface area contributed by atoms with E-state index in [0.717, 1.165) is 0 Å². The summed E-state index contributed by atoms with van der Waals surface area (Å²) in [6.45, 7) is 0. The second-order valence-corrected chi connectivity index (χ2v) is 2.17. The van der Waals surface area contributed by atoms with Gasteiger partial charge in [0.25, 0.3) is 0 Å². The summed E-state index contributed by atoms with van der Waals surface area (Å²) in [6, 6.07) is 0. The number of nitrogens with zero attached hydrogens (tertiary/aromatic N) is 1. The Morgan fingerprint density at radius 1 is 1.78 bits per heavy atom. The van der Waals surface area contributed by atoms with Crippen molar-refractivity contribution in [3.63, 3.8) is 0 Å². The highest BCUT2D eigenvalue weighted by molar-refractivity contribution is 7.71. The van der Waals surface area contributed by atoms with Gasteiger partial charge in [0.1, 0.15) is 4.64 Å². The summed E-state index contributed by atoms with van der Waals surface area (Å²) in [5.41, 5.74) is 0. The molecule has 1 aromatic heterocycles. The van der Waals surface area contributed by atoms with Crippen LogP contribution in [0.4, 0.5) is 4.39 Å². The third-order valence-electron chi connectivity index (χ3n) is 0.709. The van der Waals surface area contributed by atoms with Gasteiger partial charge in [0.05, 0.1) is 6.20 Å². The summed E-state index contributed by atoms with van der Waals surface area (Å²) in [7, 11) is 0. The Balaban J connectivity index is 3.34. The van der Waals surface area contributed by atoms with Gasteiger partial charge in [0.2, 0.25) is 5.95 Å². The molecule has 0 aliphatic rings. The molecule has 48 valence electrons. The molecule has 0 unspecified atom stereocenters. The van der Waals surface area contributed by atoms with Crippen LogP contribution in [0.1, 0.15) is 0 Å². The maximum Gasteiger partial charge on any atom is 0.248 e. The summed E-state index contributed by atoms with van der Waals surface area (Å²) in [4.78, 5) is 5.63. The minimum absolute atomic E-state index is 0.150. The van der Waals surface area contributed by atoms with Gasteiger partial charge in [0.15, 0.2) is 5.15 Å². The predicted molar refractivity (Wildman–Crippen MR) is 34.4 cm³/mol. The van der Waals surface area contributed by atoms with Gasteiger partial charge in [-0.1, -0.05) is 23.8 Å². The number of halogens is 2. The average Bonchev–Trinajstić information content (AvgIpc) is 1.80. The van der Waals surface area contributed by atoms with Crippen LogP contribution in [0, 0.1) is 10.6 Å². The molecule has 5 heteroatoms. The molecule has 0 atom stereocenters. The number of H-pyrrole nitrogens is 1. The van der Waals surface area contributed by atoms with Crippen LogP contribution in [-0.2, 0) is 0 Å². The van der Waals surface area contributed by atoms with Gasteiger partial charge in [-0.25, -0.2) is 4.98 Å². The van der Waals surface area contributed by atoms with Crippen molar-refractivity contribution in [1.29, 1.82) is 0 Å². The van der Waals surface area contributed by atoms with E-state index in [0.29, 0.717) is 4.64 Å². The lowest BCUT2D eigenvalue weighted by Crippen LogP contribution is -1.86. The molecule has 0 saturated heterocycles. The van der Waals surface area contributed by atoms with E-state index in [1.165, 1.54) is 6.20 Å². The van der Waals surface area contributed by atoms with E-state index in [-0.39, 0.29) is 5.15 Å². The van der Waals surface area contributed by atoms with E-state index in [1.807, 2.05) is 0 Å². The Bertz CT molecular complexity index is 272. The van der Waals surface area contributed by atoms with Gasteiger partial charge < -0.3 is 4.98 Å². The molecule has 0 aromatic carbocycles. The van der Waals surface area contributed by atoms with Crippen molar-refractivity contribution in [2.24, 2.45) is 0 Å². The summed E-state index contributed by atoms with van der Waals surface area (Å²) in [5, 5.41) is -0.150. The Morgan fingerprint density at radius 2 is 2.44 bits per heavy atom. The first-order valence-corrected chi connectivity index (χ1v) is 2.89. The van der Waals surface area contributed by atoms with Crippen LogP contribution in [0.15, 0.2) is 6.20 Å². The minimum Gasteiger partial charge on any atom is -0.332 e. The van der Waals surface area contributed by atoms with Crippen LogP contribution >= 0.6 is 23.8 Å². The Morgan fingerprint density at radius 3 is 2.89 bits per heavy atom. The zero-order valence-corrected chi connectivity index (χ0v) is 5.76. The van der Waals surface area contributed by atoms with Crippen LogP contribution < -0.4 is 0 Å². The SMILES string of the molecule is Fc1ncc(=S)[nH]c1Cl. The number of rotatable bonds is 0. The Labute approximate surface area is 60.7 Å². The fraction of sp³-hybridized carbons (Fsp3) is 0. The van der Waals surface area contributed by atoms with Crippen LogP contribution in [0.5, 0.6) is 0 Å². The summed E-state index contributed by atoms with van der Waals surface area (Å²) in [6.07, 6.45) is 1.19. The molecule has 1 rings (SSSR count). The van der Waals surface area contributed by atoms with E-state index >= 15 is 0 Å². The van der Waals surface area contributed by atoms with Crippen molar-refractivity contribution in [3.8, 4) is 0 Å². The third kappa shape index (κ3) is 1.46. The zero-order chi connectivity index (χ0) is 6.85. The maximum absolute atomic E-state index is 12.2. The van der Waals surface area contributed by atoms with E-state index in [9.17, 15) is 4.39 Å². The first kappa shape index (κ1) is 6.64. The molecule has 1 aromatic rings. The topological polar surface area (TPSA) is 28.7 Å². The standard InChI is InChI=1S/C4H2ClFN2S/c5-3-4(6)7-1-2(9)8-3/h1H,(H,8,9). The monoisotopic (exact) mass is 164 g/mol. The van der Waals surface area contributed by atoms with E-state index in [2.05, 4.69) is 22.2 Å². The van der Waals surface area contributed by atoms with E-state index in [4.69, 9.17) is 11.6 Å². The van der Waals surface area contributed by atoms with E-state index in [1.54, 1.807) is 0 Å². The number of hydrogen-bond acceptors (Lipinski definition) is 2. The maximum atomic E-state index is 12.2. The lowest BCUT2D eigenvalue weighted by Gasteiger charge is -1.88. The predicted octanol–water partition coefficient (Wildman–Crippen LogP) is 1.93. The molecule has 0 fully saturated rings. The van der Waals surface area contributed by atoms with Gasteiger partial charge in [-0.3, -0.25) is 0 Å². The van der Waals surface area contributed by atoms with Crippen LogP contribution in [0.2, 0.25) is 5.15 Å². The molecular weight excluding hydrogens is 163 g/mol. The average molecular weight is 165 g/mol. The lowest BCUT2D eigenvalue weighted by atomic mass is 10.7. The largest absolute Gasteiger partial charge is 0.332 e. The minimum atomic E-state index is -0.731. The van der Waals surface area contributed by atoms with Crippen molar-refractivity contribution < 1.29 is 4.39 Å². The molecule has 1 heterocycles. The zero-order valence-electron chi connectivity index (χ0n) is 4.19. The number of hydrogen-bond donors (Lipinski definition) is 1. The molecule has 0 bridgehead atoms. The van der Waals surface area contributed by atoms with Gasteiger partial charge >= 0.3 is 0 Å². The summed E-state index contributed by atoms with van der Waals surface area (Å²) < 4.78 is 12.5. The molecule has 0 amide bonds. The molecular formula is C4H2ClFN2S. The van der Waals surface area contributed by atoms with Crippen LogP contribution in [0.3, 0.4) is 0 Å². The highest BCUT2D eigenvalue weighted by Gasteiger charge is 1.96. The van der Waals surface area contributed by atoms with Crippen molar-refractivity contribution in [2.75, 3.05) is 0 Å². The number of nitrogens with one attached hydrogen (secondary N) is 1. The number of aromatic amines is 1. The molecule has 1 N–H and O–H groups in total. The highest BCUT2D eigenvalue weighted by Crippen LogP contribution is 2.05. The number of aromatic nitrogens is 2. The lowest BCUT2D eigenvalue weighted by molar-refractivity contribution is 0.576. The normalized spacial score (nSPS) is 9.56. The smallest absolute Gasteiger partial charge is 0.248 e. The summed E-state index contributed by atoms with van der Waals surface area (Å²) >= 11 is 9.84. The molecule has 0 aliphatic heterocycles.